The van der Waals surface area contributed by atoms with Crippen LogP contribution in [-0.2, 0) is 14.6 Å². The maximum atomic E-state index is 11.3. The van der Waals surface area contributed by atoms with Crippen molar-refractivity contribution in [2.45, 2.75) is 12.5 Å². The average molecular weight is 299 g/mol. The zero-order chi connectivity index (χ0) is 14.3. The second-order valence-corrected chi connectivity index (χ2v) is 6.45. The molecule has 0 aromatic heterocycles. The van der Waals surface area contributed by atoms with Crippen LogP contribution in [0.4, 0.5) is 4.79 Å². The molecule has 0 aromatic rings. The Balaban J connectivity index is 4.32. The highest BCUT2D eigenvalue weighted by Crippen LogP contribution is 1.97. The van der Waals surface area contributed by atoms with Gasteiger partial charge < -0.3 is 15.7 Å². The quantitative estimate of drug-likeness (QED) is 0.609. The molecule has 0 radical (unpaired) electrons. The Bertz CT molecular complexity index is 434. The molecule has 18 heavy (non-hydrogen) atoms. The van der Waals surface area contributed by atoms with E-state index in [9.17, 15) is 18.0 Å². The van der Waals surface area contributed by atoms with Gasteiger partial charge in [-0.3, -0.25) is 0 Å². The molecule has 0 aliphatic heterocycles. The highest BCUT2D eigenvalue weighted by molar-refractivity contribution is 7.90. The lowest BCUT2D eigenvalue weighted by Gasteiger charge is -2.14. The average Bonchev–Trinajstić information content (AvgIpc) is 2.19. The fourth-order valence-corrected chi connectivity index (χ4v) is 1.71. The summed E-state index contributed by atoms with van der Waals surface area (Å²) < 4.78 is 21.8. The molecule has 0 spiro atoms. The van der Waals surface area contributed by atoms with Gasteiger partial charge in [-0.15, -0.1) is 0 Å². The number of hydrogen-bond acceptors (Lipinski definition) is 4. The van der Waals surface area contributed by atoms with E-state index in [0.717, 1.165) is 6.26 Å². The number of rotatable bonds is 7. The summed E-state index contributed by atoms with van der Waals surface area (Å²) in [5, 5.41) is 13.4. The van der Waals surface area contributed by atoms with Crippen LogP contribution in [0.2, 0.25) is 0 Å². The molecule has 0 rings (SSSR count). The third kappa shape index (κ3) is 8.82. The van der Waals surface area contributed by atoms with Crippen molar-refractivity contribution >= 4 is 33.4 Å². The summed E-state index contributed by atoms with van der Waals surface area (Å²) in [6.45, 7) is 3.33. The Morgan fingerprint density at radius 3 is 2.39 bits per heavy atom. The zero-order valence-electron chi connectivity index (χ0n) is 9.77. The van der Waals surface area contributed by atoms with Gasteiger partial charge in [0, 0.05) is 11.3 Å². The molecule has 7 nitrogen and oxygen atoms in total. The van der Waals surface area contributed by atoms with Crippen LogP contribution in [0.1, 0.15) is 6.42 Å². The summed E-state index contributed by atoms with van der Waals surface area (Å²) >= 11 is 5.41. The van der Waals surface area contributed by atoms with Crippen LogP contribution in [0.3, 0.4) is 0 Å². The molecule has 0 aliphatic rings. The number of carboxylic acids is 1. The lowest BCUT2D eigenvalue weighted by Crippen LogP contribution is -2.46. The van der Waals surface area contributed by atoms with Crippen LogP contribution in [0.25, 0.3) is 0 Å². The number of aliphatic carboxylic acids is 1. The lowest BCUT2D eigenvalue weighted by atomic mass is 10.2. The Morgan fingerprint density at radius 1 is 1.44 bits per heavy atom. The molecular formula is C9H15ClN2O5S. The molecule has 1 unspecified atom stereocenters. The van der Waals surface area contributed by atoms with E-state index in [-0.39, 0.29) is 23.8 Å². The van der Waals surface area contributed by atoms with Gasteiger partial charge in [-0.1, -0.05) is 18.2 Å². The van der Waals surface area contributed by atoms with Crippen molar-refractivity contribution in [3.63, 3.8) is 0 Å². The molecule has 0 aliphatic carbocycles. The van der Waals surface area contributed by atoms with Crippen LogP contribution >= 0.6 is 11.6 Å². The van der Waals surface area contributed by atoms with Gasteiger partial charge in [-0.2, -0.15) is 0 Å². The Hall–Kier alpha value is -1.28. The first-order chi connectivity index (χ1) is 8.11. The minimum absolute atomic E-state index is 0.00813. The normalized spacial score (nSPS) is 12.6. The Morgan fingerprint density at radius 2 is 2.00 bits per heavy atom. The number of halogens is 1. The maximum absolute atomic E-state index is 11.3. The number of amides is 2. The highest BCUT2D eigenvalue weighted by Gasteiger charge is 2.21. The summed E-state index contributed by atoms with van der Waals surface area (Å²) in [5.41, 5.74) is 0. The number of carbonyl (C=O) groups is 2. The minimum Gasteiger partial charge on any atom is -0.480 e. The van der Waals surface area contributed by atoms with Crippen LogP contribution < -0.4 is 10.6 Å². The molecule has 0 fully saturated rings. The van der Waals surface area contributed by atoms with Crippen molar-refractivity contribution in [1.29, 1.82) is 0 Å². The molecule has 0 heterocycles. The first kappa shape index (κ1) is 16.7. The second kappa shape index (κ2) is 7.22. The molecular weight excluding hydrogens is 284 g/mol. The fraction of sp³-hybridized carbons (Fsp3) is 0.556. The number of carbonyl (C=O) groups excluding carboxylic acids is 1. The number of nitrogens with one attached hydrogen (secondary N) is 2. The van der Waals surface area contributed by atoms with Crippen LogP contribution in [-0.4, -0.2) is 50.1 Å². The van der Waals surface area contributed by atoms with Crippen LogP contribution in [0.15, 0.2) is 11.6 Å². The lowest BCUT2D eigenvalue weighted by molar-refractivity contribution is -0.139. The predicted octanol–water partition coefficient (Wildman–Crippen LogP) is -0.0740. The smallest absolute Gasteiger partial charge is 0.326 e. The minimum atomic E-state index is -3.28. The monoisotopic (exact) mass is 298 g/mol. The third-order valence-corrected chi connectivity index (χ3v) is 2.93. The first-order valence-corrected chi connectivity index (χ1v) is 7.34. The van der Waals surface area contributed by atoms with Gasteiger partial charge in [-0.05, 0) is 6.42 Å². The van der Waals surface area contributed by atoms with Gasteiger partial charge in [0.05, 0.1) is 12.3 Å². The van der Waals surface area contributed by atoms with Crippen molar-refractivity contribution in [2.24, 2.45) is 0 Å². The van der Waals surface area contributed by atoms with Crippen molar-refractivity contribution in [3.8, 4) is 0 Å². The Labute approximate surface area is 110 Å². The van der Waals surface area contributed by atoms with Gasteiger partial charge in [0.15, 0.2) is 0 Å². The second-order valence-electron chi connectivity index (χ2n) is 3.65. The van der Waals surface area contributed by atoms with E-state index in [4.69, 9.17) is 16.7 Å². The molecule has 3 N–H and O–H groups in total. The molecule has 0 saturated carbocycles. The summed E-state index contributed by atoms with van der Waals surface area (Å²) in [6.07, 6.45) is 0.785. The standard InChI is InChI=1S/C9H15ClN2O5S/c1-6(10)5-11-9(15)12-7(8(13)14)3-4-18(2,16)17/h7H,1,3-5H2,2H3,(H,13,14)(H2,11,12,15). The number of carboxylic acid groups (broad SMARTS) is 1. The van der Waals surface area contributed by atoms with Crippen molar-refractivity contribution in [3.05, 3.63) is 11.6 Å². The molecule has 104 valence electrons. The first-order valence-electron chi connectivity index (χ1n) is 4.90. The zero-order valence-corrected chi connectivity index (χ0v) is 11.3. The maximum Gasteiger partial charge on any atom is 0.326 e. The van der Waals surface area contributed by atoms with Crippen molar-refractivity contribution in [2.75, 3.05) is 18.6 Å². The van der Waals surface area contributed by atoms with E-state index >= 15 is 0 Å². The summed E-state index contributed by atoms with van der Waals surface area (Å²) in [5.74, 6) is -1.63. The van der Waals surface area contributed by atoms with Crippen LogP contribution in [0, 0.1) is 0 Å². The highest BCUT2D eigenvalue weighted by atomic mass is 35.5. The number of sulfone groups is 1. The molecule has 0 aromatic carbocycles. The van der Waals surface area contributed by atoms with E-state index in [1.54, 1.807) is 0 Å². The fourth-order valence-electron chi connectivity index (χ4n) is 0.975. The van der Waals surface area contributed by atoms with E-state index in [0.29, 0.717) is 0 Å². The molecule has 0 bridgehead atoms. The SMILES string of the molecule is C=C(Cl)CNC(=O)NC(CCS(C)(=O)=O)C(=O)O. The summed E-state index contributed by atoms with van der Waals surface area (Å²) in [7, 11) is -3.28. The van der Waals surface area contributed by atoms with E-state index in [2.05, 4.69) is 17.2 Å². The van der Waals surface area contributed by atoms with E-state index in [1.165, 1.54) is 0 Å². The Kier molecular flexibility index (Phi) is 6.71. The van der Waals surface area contributed by atoms with Gasteiger partial charge in [0.25, 0.3) is 0 Å². The molecule has 0 saturated heterocycles. The molecule has 2 amide bonds. The van der Waals surface area contributed by atoms with Crippen molar-refractivity contribution < 1.29 is 23.1 Å². The number of urea groups is 1. The summed E-state index contributed by atoms with van der Waals surface area (Å²) in [6, 6.07) is -2.03. The van der Waals surface area contributed by atoms with Gasteiger partial charge >= 0.3 is 12.0 Å². The van der Waals surface area contributed by atoms with Gasteiger partial charge in [0.1, 0.15) is 15.9 Å². The van der Waals surface area contributed by atoms with Gasteiger partial charge in [-0.25, -0.2) is 18.0 Å². The number of hydrogen-bond donors (Lipinski definition) is 3. The van der Waals surface area contributed by atoms with E-state index < -0.39 is 27.9 Å². The third-order valence-electron chi connectivity index (χ3n) is 1.82. The van der Waals surface area contributed by atoms with Crippen LogP contribution in [0.5, 0.6) is 0 Å². The molecule has 9 heteroatoms. The van der Waals surface area contributed by atoms with E-state index in [1.807, 2.05) is 0 Å². The topological polar surface area (TPSA) is 113 Å². The van der Waals surface area contributed by atoms with Crippen molar-refractivity contribution in [1.82, 2.24) is 10.6 Å². The largest absolute Gasteiger partial charge is 0.480 e. The predicted molar refractivity (Wildman–Crippen MR) is 67.3 cm³/mol. The molecule has 1 atom stereocenters. The van der Waals surface area contributed by atoms with Gasteiger partial charge in [0.2, 0.25) is 0 Å². The summed E-state index contributed by atoms with van der Waals surface area (Å²) in [4.78, 5) is 22.1.